The van der Waals surface area contributed by atoms with Crippen LogP contribution in [0.2, 0.25) is 0 Å². The number of hydrogen-bond donors (Lipinski definition) is 1. The Labute approximate surface area is 131 Å². The average Bonchev–Trinajstić information content (AvgIpc) is 2.73. The summed E-state index contributed by atoms with van der Waals surface area (Å²) in [7, 11) is 0. The van der Waals surface area contributed by atoms with E-state index < -0.39 is 0 Å². The molecule has 0 saturated heterocycles. The fraction of sp³-hybridized carbons (Fsp3) is 0.250. The lowest BCUT2D eigenvalue weighted by Gasteiger charge is -2.11. The third-order valence-corrected chi connectivity index (χ3v) is 3.87. The summed E-state index contributed by atoms with van der Waals surface area (Å²) in [4.78, 5) is 0. The van der Waals surface area contributed by atoms with Crippen LogP contribution < -0.4 is 14.8 Å². The average molecular weight is 352 g/mol. The van der Waals surface area contributed by atoms with E-state index in [-0.39, 0.29) is 5.82 Å². The fourth-order valence-electron chi connectivity index (χ4n) is 2.13. The van der Waals surface area contributed by atoms with Crippen LogP contribution in [0.3, 0.4) is 0 Å². The van der Waals surface area contributed by atoms with Crippen molar-refractivity contribution in [1.82, 2.24) is 0 Å². The van der Waals surface area contributed by atoms with Crippen LogP contribution >= 0.6 is 15.9 Å². The molecule has 2 aromatic carbocycles. The molecule has 0 spiro atoms. The molecule has 0 aliphatic carbocycles. The molecule has 1 heterocycles. The molecule has 0 saturated carbocycles. The summed E-state index contributed by atoms with van der Waals surface area (Å²) in [5.74, 6) is 1.26. The lowest BCUT2D eigenvalue weighted by atomic mass is 10.2. The third kappa shape index (κ3) is 3.47. The van der Waals surface area contributed by atoms with Crippen molar-refractivity contribution in [3.05, 3.63) is 52.3 Å². The van der Waals surface area contributed by atoms with Crippen molar-refractivity contribution in [3.63, 3.8) is 0 Å². The van der Waals surface area contributed by atoms with Crippen molar-refractivity contribution in [2.24, 2.45) is 0 Å². The molecule has 1 N–H and O–H groups in total. The molecule has 3 nitrogen and oxygen atoms in total. The SMILES string of the molecule is Fc1cc(CNc2ccc3c(c2)OCCCO3)ccc1Br. The predicted octanol–water partition coefficient (Wildman–Crippen LogP) is 4.36. The number of hydrogen-bond acceptors (Lipinski definition) is 3. The third-order valence-electron chi connectivity index (χ3n) is 3.23. The molecule has 2 aromatic rings. The number of nitrogens with one attached hydrogen (secondary N) is 1. The minimum absolute atomic E-state index is 0.257. The second-order valence-corrected chi connectivity index (χ2v) is 5.67. The van der Waals surface area contributed by atoms with E-state index >= 15 is 0 Å². The van der Waals surface area contributed by atoms with Gasteiger partial charge in [0.25, 0.3) is 0 Å². The zero-order chi connectivity index (χ0) is 14.7. The number of halogens is 2. The van der Waals surface area contributed by atoms with Gasteiger partial charge in [-0.1, -0.05) is 6.07 Å². The Kier molecular flexibility index (Phi) is 4.29. The van der Waals surface area contributed by atoms with Crippen LogP contribution in [0.25, 0.3) is 0 Å². The predicted molar refractivity (Wildman–Crippen MR) is 83.5 cm³/mol. The second-order valence-electron chi connectivity index (χ2n) is 4.81. The monoisotopic (exact) mass is 351 g/mol. The quantitative estimate of drug-likeness (QED) is 0.890. The number of rotatable bonds is 3. The van der Waals surface area contributed by atoms with Crippen molar-refractivity contribution < 1.29 is 13.9 Å². The van der Waals surface area contributed by atoms with Crippen LogP contribution in [-0.4, -0.2) is 13.2 Å². The van der Waals surface area contributed by atoms with Gasteiger partial charge in [-0.2, -0.15) is 0 Å². The first-order valence-electron chi connectivity index (χ1n) is 6.80. The summed E-state index contributed by atoms with van der Waals surface area (Å²) in [5, 5.41) is 3.26. The molecule has 21 heavy (non-hydrogen) atoms. The van der Waals surface area contributed by atoms with Gasteiger partial charge in [-0.25, -0.2) is 4.39 Å². The van der Waals surface area contributed by atoms with Gasteiger partial charge in [0, 0.05) is 24.7 Å². The van der Waals surface area contributed by atoms with E-state index in [0.717, 1.165) is 29.2 Å². The molecule has 110 valence electrons. The van der Waals surface area contributed by atoms with Crippen LogP contribution in [0, 0.1) is 5.82 Å². The van der Waals surface area contributed by atoms with Gasteiger partial charge in [-0.05, 0) is 45.8 Å². The van der Waals surface area contributed by atoms with Gasteiger partial charge in [0.1, 0.15) is 5.82 Å². The van der Waals surface area contributed by atoms with Gasteiger partial charge in [-0.3, -0.25) is 0 Å². The minimum Gasteiger partial charge on any atom is -0.490 e. The normalized spacial score (nSPS) is 13.6. The van der Waals surface area contributed by atoms with Gasteiger partial charge < -0.3 is 14.8 Å². The Morgan fingerprint density at radius 2 is 1.86 bits per heavy atom. The standard InChI is InChI=1S/C16H15BrFNO2/c17-13-4-2-11(8-14(13)18)10-19-12-3-5-15-16(9-12)21-7-1-6-20-15/h2-5,8-9,19H,1,6-7,10H2. The minimum atomic E-state index is -0.257. The maximum absolute atomic E-state index is 13.5. The largest absolute Gasteiger partial charge is 0.490 e. The summed E-state index contributed by atoms with van der Waals surface area (Å²) in [6, 6.07) is 10.8. The number of benzene rings is 2. The van der Waals surface area contributed by atoms with E-state index in [0.29, 0.717) is 24.2 Å². The Balaban J connectivity index is 1.70. The summed E-state index contributed by atoms with van der Waals surface area (Å²) in [6.07, 6.45) is 0.885. The molecular formula is C16H15BrFNO2. The molecule has 1 aliphatic heterocycles. The van der Waals surface area contributed by atoms with Gasteiger partial charge in [0.15, 0.2) is 11.5 Å². The Morgan fingerprint density at radius 1 is 1.05 bits per heavy atom. The van der Waals surface area contributed by atoms with Crippen LogP contribution in [0.15, 0.2) is 40.9 Å². The van der Waals surface area contributed by atoms with Crippen molar-refractivity contribution in [3.8, 4) is 11.5 Å². The van der Waals surface area contributed by atoms with E-state index in [4.69, 9.17) is 9.47 Å². The zero-order valence-corrected chi connectivity index (χ0v) is 13.0. The molecule has 0 atom stereocenters. The summed E-state index contributed by atoms with van der Waals surface area (Å²) >= 11 is 3.15. The summed E-state index contributed by atoms with van der Waals surface area (Å²) < 4.78 is 25.2. The lowest BCUT2D eigenvalue weighted by molar-refractivity contribution is 0.297. The first kappa shape index (κ1) is 14.2. The Bertz CT molecular complexity index is 648. The summed E-state index contributed by atoms with van der Waals surface area (Å²) in [6.45, 7) is 1.89. The number of ether oxygens (including phenoxy) is 2. The Hall–Kier alpha value is -1.75. The van der Waals surface area contributed by atoms with Crippen LogP contribution in [0.1, 0.15) is 12.0 Å². The lowest BCUT2D eigenvalue weighted by Crippen LogP contribution is -2.01. The van der Waals surface area contributed by atoms with E-state index in [9.17, 15) is 4.39 Å². The molecule has 0 amide bonds. The van der Waals surface area contributed by atoms with Crippen molar-refractivity contribution in [1.29, 1.82) is 0 Å². The molecule has 3 rings (SSSR count). The van der Waals surface area contributed by atoms with Gasteiger partial charge in [-0.15, -0.1) is 0 Å². The Morgan fingerprint density at radius 3 is 2.67 bits per heavy atom. The molecule has 0 bridgehead atoms. The highest BCUT2D eigenvalue weighted by molar-refractivity contribution is 9.10. The maximum Gasteiger partial charge on any atom is 0.163 e. The van der Waals surface area contributed by atoms with E-state index in [1.807, 2.05) is 24.3 Å². The maximum atomic E-state index is 13.5. The van der Waals surface area contributed by atoms with Crippen LogP contribution in [0.4, 0.5) is 10.1 Å². The molecule has 0 unspecified atom stereocenters. The first-order chi connectivity index (χ1) is 10.2. The molecule has 0 aromatic heterocycles. The molecule has 0 radical (unpaired) electrons. The topological polar surface area (TPSA) is 30.5 Å². The first-order valence-corrected chi connectivity index (χ1v) is 7.59. The van der Waals surface area contributed by atoms with E-state index in [1.54, 1.807) is 6.07 Å². The van der Waals surface area contributed by atoms with Crippen molar-refractivity contribution >= 4 is 21.6 Å². The smallest absolute Gasteiger partial charge is 0.163 e. The summed E-state index contributed by atoms with van der Waals surface area (Å²) in [5.41, 5.74) is 1.80. The highest BCUT2D eigenvalue weighted by Crippen LogP contribution is 2.32. The van der Waals surface area contributed by atoms with Gasteiger partial charge in [0.2, 0.25) is 0 Å². The highest BCUT2D eigenvalue weighted by Gasteiger charge is 2.10. The van der Waals surface area contributed by atoms with Crippen LogP contribution in [0.5, 0.6) is 11.5 Å². The fourth-order valence-corrected chi connectivity index (χ4v) is 2.37. The van der Waals surface area contributed by atoms with Crippen molar-refractivity contribution in [2.75, 3.05) is 18.5 Å². The highest BCUT2D eigenvalue weighted by atomic mass is 79.9. The van der Waals surface area contributed by atoms with Gasteiger partial charge in [0.05, 0.1) is 17.7 Å². The molecule has 5 heteroatoms. The molecule has 1 aliphatic rings. The van der Waals surface area contributed by atoms with E-state index in [2.05, 4.69) is 21.2 Å². The van der Waals surface area contributed by atoms with E-state index in [1.165, 1.54) is 6.07 Å². The second kappa shape index (κ2) is 6.35. The van der Waals surface area contributed by atoms with Crippen molar-refractivity contribution in [2.45, 2.75) is 13.0 Å². The number of anilines is 1. The van der Waals surface area contributed by atoms with Crippen LogP contribution in [-0.2, 0) is 6.54 Å². The zero-order valence-electron chi connectivity index (χ0n) is 11.4. The van der Waals surface area contributed by atoms with Gasteiger partial charge >= 0.3 is 0 Å². The molecule has 0 fully saturated rings. The number of fused-ring (bicyclic) bond motifs is 1. The molecular weight excluding hydrogens is 337 g/mol.